The second kappa shape index (κ2) is 11.6. The van der Waals surface area contributed by atoms with Gasteiger partial charge in [0, 0.05) is 50.6 Å². The van der Waals surface area contributed by atoms with Gasteiger partial charge in [-0.1, -0.05) is 91.0 Å². The van der Waals surface area contributed by atoms with Crippen molar-refractivity contribution in [3.05, 3.63) is 170 Å². The molecule has 7 nitrogen and oxygen atoms in total. The molecule has 0 aliphatic carbocycles. The van der Waals surface area contributed by atoms with E-state index in [1.807, 2.05) is 73.2 Å². The van der Waals surface area contributed by atoms with Gasteiger partial charge in [0.15, 0.2) is 0 Å². The van der Waals surface area contributed by atoms with E-state index in [1.165, 1.54) is 0 Å². The SMILES string of the molecule is c1ccc(-c2nc3c4cc(Oc5ccc6c7cccnc7n7c(-c8ccccc8)cnc7c6c5)ccc4c4cccnc4n3c2-c2ccccc2)cc1. The van der Waals surface area contributed by atoms with E-state index in [-0.39, 0.29) is 0 Å². The van der Waals surface area contributed by atoms with Gasteiger partial charge in [-0.3, -0.25) is 8.80 Å². The predicted molar refractivity (Wildman–Crippen MR) is 212 cm³/mol. The fraction of sp³-hybridized carbons (Fsp3) is 0. The maximum absolute atomic E-state index is 6.71. The zero-order valence-corrected chi connectivity index (χ0v) is 28.3. The highest BCUT2D eigenvalue weighted by atomic mass is 16.5. The highest BCUT2D eigenvalue weighted by Crippen LogP contribution is 2.40. The Hall–Kier alpha value is -7.38. The minimum atomic E-state index is 0.708. The number of nitrogens with zero attached hydrogens (tertiary/aromatic N) is 6. The Morgan fingerprint density at radius 2 is 0.925 bits per heavy atom. The number of ether oxygens (including phenoxy) is 1. The normalized spacial score (nSPS) is 11.8. The fourth-order valence-corrected chi connectivity index (χ4v) is 7.76. The smallest absolute Gasteiger partial charge is 0.147 e. The van der Waals surface area contributed by atoms with Crippen LogP contribution in [0.5, 0.6) is 11.5 Å². The highest BCUT2D eigenvalue weighted by Gasteiger charge is 2.22. The van der Waals surface area contributed by atoms with Crippen LogP contribution in [0.15, 0.2) is 170 Å². The molecule has 11 rings (SSSR count). The average molecular weight is 681 g/mol. The monoisotopic (exact) mass is 680 g/mol. The zero-order chi connectivity index (χ0) is 34.9. The third-order valence-corrected chi connectivity index (χ3v) is 10.1. The molecule has 53 heavy (non-hydrogen) atoms. The van der Waals surface area contributed by atoms with Crippen LogP contribution in [0.25, 0.3) is 88.7 Å². The van der Waals surface area contributed by atoms with Crippen molar-refractivity contribution in [3.63, 3.8) is 0 Å². The van der Waals surface area contributed by atoms with Crippen LogP contribution in [0.1, 0.15) is 0 Å². The molecule has 0 aliphatic rings. The van der Waals surface area contributed by atoms with Gasteiger partial charge in [0.1, 0.15) is 34.1 Å². The molecule has 0 unspecified atom stereocenters. The summed E-state index contributed by atoms with van der Waals surface area (Å²) in [5.74, 6) is 1.42. The summed E-state index contributed by atoms with van der Waals surface area (Å²) in [5, 5.41) is 6.17. The minimum absolute atomic E-state index is 0.708. The molecule has 6 heterocycles. The lowest BCUT2D eigenvalue weighted by molar-refractivity contribution is 0.484. The maximum atomic E-state index is 6.71. The number of benzene rings is 5. The van der Waals surface area contributed by atoms with Crippen LogP contribution in [-0.4, -0.2) is 28.7 Å². The lowest BCUT2D eigenvalue weighted by atomic mass is 10.0. The van der Waals surface area contributed by atoms with Gasteiger partial charge in [0.05, 0.1) is 23.3 Å². The van der Waals surface area contributed by atoms with Crippen molar-refractivity contribution in [1.29, 1.82) is 0 Å². The molecule has 6 aromatic heterocycles. The van der Waals surface area contributed by atoms with E-state index >= 15 is 0 Å². The van der Waals surface area contributed by atoms with E-state index in [0.717, 1.165) is 88.7 Å². The third-order valence-electron chi connectivity index (χ3n) is 10.1. The van der Waals surface area contributed by atoms with Crippen molar-refractivity contribution in [2.45, 2.75) is 0 Å². The van der Waals surface area contributed by atoms with Crippen molar-refractivity contribution in [2.75, 3.05) is 0 Å². The Bertz CT molecular complexity index is 3190. The van der Waals surface area contributed by atoms with Crippen LogP contribution in [0.2, 0.25) is 0 Å². The van der Waals surface area contributed by atoms with E-state index in [9.17, 15) is 0 Å². The molecule has 0 amide bonds. The van der Waals surface area contributed by atoms with Crippen LogP contribution in [0.3, 0.4) is 0 Å². The molecule has 0 saturated heterocycles. The molecule has 11 aromatic rings. The molecule has 0 fully saturated rings. The van der Waals surface area contributed by atoms with E-state index < -0.39 is 0 Å². The first-order valence-electron chi connectivity index (χ1n) is 17.5. The molecule has 0 bridgehead atoms. The zero-order valence-electron chi connectivity index (χ0n) is 28.3. The Balaban J connectivity index is 1.12. The van der Waals surface area contributed by atoms with Crippen molar-refractivity contribution < 1.29 is 4.74 Å². The van der Waals surface area contributed by atoms with Crippen molar-refractivity contribution in [2.24, 2.45) is 0 Å². The average Bonchev–Trinajstić information content (AvgIpc) is 3.86. The summed E-state index contributed by atoms with van der Waals surface area (Å²) in [6, 6.07) is 51.8. The van der Waals surface area contributed by atoms with Gasteiger partial charge in [0.2, 0.25) is 0 Å². The van der Waals surface area contributed by atoms with Crippen molar-refractivity contribution in [3.8, 4) is 45.3 Å². The molecule has 7 heteroatoms. The predicted octanol–water partition coefficient (Wildman–Crippen LogP) is 11.2. The van der Waals surface area contributed by atoms with E-state index in [1.54, 1.807) is 0 Å². The van der Waals surface area contributed by atoms with Gasteiger partial charge >= 0.3 is 0 Å². The van der Waals surface area contributed by atoms with Crippen LogP contribution < -0.4 is 4.74 Å². The van der Waals surface area contributed by atoms with Gasteiger partial charge < -0.3 is 4.74 Å². The van der Waals surface area contributed by atoms with Gasteiger partial charge in [-0.25, -0.2) is 19.9 Å². The van der Waals surface area contributed by atoms with Crippen LogP contribution in [0, 0.1) is 0 Å². The number of imidazole rings is 2. The molecular weight excluding hydrogens is 653 g/mol. The third kappa shape index (κ3) is 4.54. The first kappa shape index (κ1) is 29.4. The van der Waals surface area contributed by atoms with Crippen LogP contribution in [-0.2, 0) is 0 Å². The molecule has 0 saturated carbocycles. The standard InChI is InChI=1S/C46H28N6O/c1-4-12-29(13-5-1)40-28-49-45-38-26-32(20-22-34(38)36-18-10-24-47-43(36)51(40)45)53-33-21-23-35-37-19-11-25-48-44(37)52-42(31-16-8-3-9-17-31)41(30-14-6-2-7-15-30)50-46(52)39(35)27-33/h1-28H. The van der Waals surface area contributed by atoms with Gasteiger partial charge in [-0.15, -0.1) is 0 Å². The Morgan fingerprint density at radius 3 is 1.55 bits per heavy atom. The number of pyridine rings is 4. The fourth-order valence-electron chi connectivity index (χ4n) is 7.76. The maximum Gasteiger partial charge on any atom is 0.147 e. The largest absolute Gasteiger partial charge is 0.457 e. The summed E-state index contributed by atoms with van der Waals surface area (Å²) in [6.45, 7) is 0. The first-order valence-corrected chi connectivity index (χ1v) is 17.5. The van der Waals surface area contributed by atoms with E-state index in [2.05, 4.69) is 106 Å². The van der Waals surface area contributed by atoms with Gasteiger partial charge in [-0.2, -0.15) is 0 Å². The number of hydrogen-bond donors (Lipinski definition) is 0. The van der Waals surface area contributed by atoms with Crippen molar-refractivity contribution in [1.82, 2.24) is 28.7 Å². The molecule has 0 N–H and O–H groups in total. The number of hydrogen-bond acceptors (Lipinski definition) is 5. The number of fused-ring (bicyclic) bond motifs is 12. The lowest BCUT2D eigenvalue weighted by Crippen LogP contribution is -1.97. The summed E-state index contributed by atoms with van der Waals surface area (Å²) in [7, 11) is 0. The summed E-state index contributed by atoms with van der Waals surface area (Å²) < 4.78 is 11.1. The van der Waals surface area contributed by atoms with E-state index in [4.69, 9.17) is 24.7 Å². The number of rotatable bonds is 5. The topological polar surface area (TPSA) is 69.6 Å². The summed E-state index contributed by atoms with van der Waals surface area (Å²) in [4.78, 5) is 20.0. The second-order valence-corrected chi connectivity index (χ2v) is 13.1. The quantitative estimate of drug-likeness (QED) is 0.169. The Morgan fingerprint density at radius 1 is 0.396 bits per heavy atom. The molecule has 5 aromatic carbocycles. The number of aromatic nitrogens is 6. The molecule has 0 atom stereocenters. The Kier molecular flexibility index (Phi) is 6.42. The minimum Gasteiger partial charge on any atom is -0.457 e. The van der Waals surface area contributed by atoms with E-state index in [0.29, 0.717) is 11.5 Å². The van der Waals surface area contributed by atoms with Gasteiger partial charge in [-0.05, 0) is 71.4 Å². The Labute approximate surface area is 303 Å². The molecular formula is C46H28N6O. The summed E-state index contributed by atoms with van der Waals surface area (Å²) in [5.41, 5.74) is 9.44. The lowest BCUT2D eigenvalue weighted by Gasteiger charge is -2.13. The summed E-state index contributed by atoms with van der Waals surface area (Å²) in [6.07, 6.45) is 5.61. The van der Waals surface area contributed by atoms with Gasteiger partial charge in [0.25, 0.3) is 0 Å². The molecule has 248 valence electrons. The highest BCUT2D eigenvalue weighted by molar-refractivity contribution is 6.13. The first-order chi connectivity index (χ1) is 26.3. The van der Waals surface area contributed by atoms with Crippen LogP contribution >= 0.6 is 0 Å². The molecule has 0 radical (unpaired) electrons. The summed E-state index contributed by atoms with van der Waals surface area (Å²) >= 11 is 0. The second-order valence-electron chi connectivity index (χ2n) is 13.1. The molecule has 0 aliphatic heterocycles. The molecule has 0 spiro atoms. The van der Waals surface area contributed by atoms with Crippen LogP contribution in [0.4, 0.5) is 0 Å². The van der Waals surface area contributed by atoms with Crippen molar-refractivity contribution >= 4 is 54.9 Å².